The summed E-state index contributed by atoms with van der Waals surface area (Å²) in [5.41, 5.74) is 4.88. The number of nitrogens with one attached hydrogen (secondary N) is 1. The zero-order valence-corrected chi connectivity index (χ0v) is 15.1. The molecule has 1 aromatic carbocycles. The van der Waals surface area contributed by atoms with Gasteiger partial charge in [0, 0.05) is 19.2 Å². The van der Waals surface area contributed by atoms with Gasteiger partial charge in [0.15, 0.2) is 5.92 Å². The molecule has 8 heteroatoms. The lowest BCUT2D eigenvalue weighted by molar-refractivity contribution is -0.428. The van der Waals surface area contributed by atoms with Gasteiger partial charge in [0.1, 0.15) is 17.9 Å². The summed E-state index contributed by atoms with van der Waals surface area (Å²) < 4.78 is 13.0. The van der Waals surface area contributed by atoms with Gasteiger partial charge in [-0.3, -0.25) is 24.8 Å². The molecule has 0 unspecified atom stereocenters. The van der Waals surface area contributed by atoms with E-state index in [1.807, 2.05) is 0 Å². The molecular weight excluding hydrogens is 351 g/mol. The summed E-state index contributed by atoms with van der Waals surface area (Å²) in [5.74, 6) is -2.68. The van der Waals surface area contributed by atoms with E-state index in [1.165, 1.54) is 18.3 Å². The predicted octanol–water partition coefficient (Wildman–Crippen LogP) is 0.687. The quantitative estimate of drug-likeness (QED) is 0.584. The van der Waals surface area contributed by atoms with Gasteiger partial charge in [0.25, 0.3) is 0 Å². The number of barbiturate groups is 1. The van der Waals surface area contributed by atoms with Crippen LogP contribution in [0.15, 0.2) is 29.3 Å². The van der Waals surface area contributed by atoms with Crippen LogP contribution in [-0.4, -0.2) is 47.6 Å². The van der Waals surface area contributed by atoms with E-state index in [2.05, 4.69) is 16.0 Å². The minimum atomic E-state index is -1.11. The standard InChI is InChI=1S/C19H23FN4O3/c20-13-7-5-12(6-8-13)9-10-24-18(26)14(17(25)23-19(24)27)11-22-16-4-2-1-3-15(16)21/h5-8,11,14-16H,1-4,9-10,21H2,(H,23,25,27)/p+1/t14-,15-,16-/m0/s1. The molecule has 4 N–H and O–H groups in total. The summed E-state index contributed by atoms with van der Waals surface area (Å²) in [6, 6.07) is 5.30. The molecule has 1 aliphatic carbocycles. The van der Waals surface area contributed by atoms with Crippen molar-refractivity contribution in [1.82, 2.24) is 10.2 Å². The van der Waals surface area contributed by atoms with Crippen LogP contribution in [0.2, 0.25) is 0 Å². The van der Waals surface area contributed by atoms with Crippen LogP contribution in [0.1, 0.15) is 31.2 Å². The molecule has 7 nitrogen and oxygen atoms in total. The fourth-order valence-electron chi connectivity index (χ4n) is 3.45. The highest BCUT2D eigenvalue weighted by atomic mass is 19.1. The van der Waals surface area contributed by atoms with Crippen LogP contribution >= 0.6 is 0 Å². The number of hydrogen-bond donors (Lipinski definition) is 2. The normalized spacial score (nSPS) is 26.5. The van der Waals surface area contributed by atoms with E-state index in [4.69, 9.17) is 0 Å². The van der Waals surface area contributed by atoms with E-state index < -0.39 is 23.8 Å². The van der Waals surface area contributed by atoms with Crippen molar-refractivity contribution in [3.05, 3.63) is 35.6 Å². The molecular formula is C19H24FN4O3+. The molecule has 0 aromatic heterocycles. The first kappa shape index (κ1) is 19.2. The predicted molar refractivity (Wildman–Crippen MR) is 96.3 cm³/mol. The Balaban J connectivity index is 1.66. The maximum atomic E-state index is 13.0. The molecule has 27 heavy (non-hydrogen) atoms. The number of benzene rings is 1. The van der Waals surface area contributed by atoms with Gasteiger partial charge in [0.2, 0.25) is 11.8 Å². The lowest BCUT2D eigenvalue weighted by Crippen LogP contribution is -2.66. The Morgan fingerprint density at radius 2 is 1.89 bits per heavy atom. The number of amides is 4. The van der Waals surface area contributed by atoms with Crippen LogP contribution < -0.4 is 11.1 Å². The second-order valence-electron chi connectivity index (χ2n) is 7.05. The molecule has 0 radical (unpaired) electrons. The highest BCUT2D eigenvalue weighted by Gasteiger charge is 2.39. The fraction of sp³-hybridized carbons (Fsp3) is 0.474. The third-order valence-corrected chi connectivity index (χ3v) is 5.12. The number of halogens is 1. The number of nitrogens with zero attached hydrogens (tertiary/aromatic N) is 2. The Kier molecular flexibility index (Phi) is 5.95. The molecule has 0 spiro atoms. The van der Waals surface area contributed by atoms with Crippen LogP contribution in [0.25, 0.3) is 0 Å². The van der Waals surface area contributed by atoms with Crippen LogP contribution in [0, 0.1) is 11.7 Å². The van der Waals surface area contributed by atoms with E-state index in [-0.39, 0.29) is 24.4 Å². The van der Waals surface area contributed by atoms with Gasteiger partial charge in [-0.1, -0.05) is 18.6 Å². The van der Waals surface area contributed by atoms with E-state index in [9.17, 15) is 18.8 Å². The van der Waals surface area contributed by atoms with Crippen molar-refractivity contribution in [3.8, 4) is 0 Å². The maximum Gasteiger partial charge on any atom is 0.330 e. The van der Waals surface area contributed by atoms with E-state index in [1.54, 1.807) is 12.1 Å². The van der Waals surface area contributed by atoms with Crippen LogP contribution in [-0.2, 0) is 16.0 Å². The summed E-state index contributed by atoms with van der Waals surface area (Å²) in [4.78, 5) is 42.2. The van der Waals surface area contributed by atoms with E-state index in [0.29, 0.717) is 6.42 Å². The Morgan fingerprint density at radius 3 is 2.59 bits per heavy atom. The van der Waals surface area contributed by atoms with Crippen molar-refractivity contribution >= 4 is 24.1 Å². The molecule has 1 saturated heterocycles. The summed E-state index contributed by atoms with van der Waals surface area (Å²) in [6.45, 7) is 0.106. The molecule has 1 aliphatic heterocycles. The smallest absolute Gasteiger partial charge is 0.330 e. The van der Waals surface area contributed by atoms with Crippen molar-refractivity contribution in [1.29, 1.82) is 0 Å². The van der Waals surface area contributed by atoms with E-state index >= 15 is 0 Å². The average Bonchev–Trinajstić information content (AvgIpc) is 2.64. The SMILES string of the molecule is [NH3+][C@H]1CCCC[C@@H]1N=C[C@H]1C(=O)NC(=O)N(CCc2ccc(F)cc2)C1=O. The van der Waals surface area contributed by atoms with Gasteiger partial charge in [-0.05, 0) is 37.0 Å². The fourth-order valence-corrected chi connectivity index (χ4v) is 3.45. The number of urea groups is 1. The van der Waals surface area contributed by atoms with Crippen LogP contribution in [0.3, 0.4) is 0 Å². The van der Waals surface area contributed by atoms with E-state index in [0.717, 1.165) is 36.1 Å². The van der Waals surface area contributed by atoms with Gasteiger partial charge >= 0.3 is 6.03 Å². The number of quaternary nitrogens is 1. The molecule has 3 rings (SSSR count). The zero-order chi connectivity index (χ0) is 19.4. The number of carbonyl (C=O) groups excluding carboxylic acids is 3. The maximum absolute atomic E-state index is 13.0. The highest BCUT2D eigenvalue weighted by molar-refractivity contribution is 6.23. The Bertz CT molecular complexity index is 750. The first-order valence-corrected chi connectivity index (χ1v) is 9.22. The van der Waals surface area contributed by atoms with Crippen molar-refractivity contribution < 1.29 is 24.5 Å². The summed E-state index contributed by atoms with van der Waals surface area (Å²) in [6.07, 6.45) is 5.79. The summed E-state index contributed by atoms with van der Waals surface area (Å²) >= 11 is 0. The molecule has 144 valence electrons. The molecule has 2 aliphatic rings. The molecule has 1 saturated carbocycles. The van der Waals surface area contributed by atoms with Crippen molar-refractivity contribution in [2.24, 2.45) is 10.9 Å². The van der Waals surface area contributed by atoms with Crippen molar-refractivity contribution in [3.63, 3.8) is 0 Å². The lowest BCUT2D eigenvalue weighted by atomic mass is 9.91. The number of carbonyl (C=O) groups is 3. The van der Waals surface area contributed by atoms with Gasteiger partial charge in [-0.2, -0.15) is 0 Å². The third-order valence-electron chi connectivity index (χ3n) is 5.12. The van der Waals surface area contributed by atoms with Crippen LogP contribution in [0.5, 0.6) is 0 Å². The minimum Gasteiger partial charge on any atom is -0.353 e. The van der Waals surface area contributed by atoms with Gasteiger partial charge in [-0.15, -0.1) is 0 Å². The number of aliphatic imine (C=N–C) groups is 1. The first-order valence-electron chi connectivity index (χ1n) is 9.22. The van der Waals surface area contributed by atoms with Gasteiger partial charge in [-0.25, -0.2) is 9.18 Å². The van der Waals surface area contributed by atoms with Crippen LogP contribution in [0.4, 0.5) is 9.18 Å². The second-order valence-corrected chi connectivity index (χ2v) is 7.05. The topological polar surface area (TPSA) is 106 Å². The number of imide groups is 2. The molecule has 1 heterocycles. The lowest BCUT2D eigenvalue weighted by Gasteiger charge is -2.29. The molecule has 4 amide bonds. The zero-order valence-electron chi connectivity index (χ0n) is 15.1. The average molecular weight is 375 g/mol. The number of rotatable bonds is 5. The molecule has 3 atom stereocenters. The largest absolute Gasteiger partial charge is 0.353 e. The third kappa shape index (κ3) is 4.57. The number of hydrogen-bond acceptors (Lipinski definition) is 4. The Labute approximate surface area is 156 Å². The summed E-state index contributed by atoms with van der Waals surface area (Å²) in [5, 5.41) is 2.21. The molecule has 0 bridgehead atoms. The van der Waals surface area contributed by atoms with Gasteiger partial charge in [0.05, 0.1) is 0 Å². The highest BCUT2D eigenvalue weighted by Crippen LogP contribution is 2.19. The Hall–Kier alpha value is -2.61. The minimum absolute atomic E-state index is 0.00430. The Morgan fingerprint density at radius 1 is 1.19 bits per heavy atom. The molecule has 1 aromatic rings. The second kappa shape index (κ2) is 8.39. The van der Waals surface area contributed by atoms with Crippen molar-refractivity contribution in [2.75, 3.05) is 6.54 Å². The summed E-state index contributed by atoms with van der Waals surface area (Å²) in [7, 11) is 0. The van der Waals surface area contributed by atoms with Gasteiger partial charge < -0.3 is 5.73 Å². The first-order chi connectivity index (χ1) is 13.0. The molecule has 2 fully saturated rings. The monoisotopic (exact) mass is 375 g/mol. The van der Waals surface area contributed by atoms with Crippen molar-refractivity contribution in [2.45, 2.75) is 44.2 Å².